The summed E-state index contributed by atoms with van der Waals surface area (Å²) in [5.41, 5.74) is 1.11. The summed E-state index contributed by atoms with van der Waals surface area (Å²) in [7, 11) is -3.58. The van der Waals surface area contributed by atoms with Crippen molar-refractivity contribution in [1.82, 2.24) is 4.72 Å². The van der Waals surface area contributed by atoms with Gasteiger partial charge in [0.1, 0.15) is 0 Å². The number of hydrogen-bond acceptors (Lipinski definition) is 3. The highest BCUT2D eigenvalue weighted by atomic mass is 32.2. The fourth-order valence-electron chi connectivity index (χ4n) is 1.92. The molecule has 0 aliphatic rings. The molecule has 2 unspecified atom stereocenters. The molecule has 0 spiro atoms. The molecule has 21 heavy (non-hydrogen) atoms. The lowest BCUT2D eigenvalue weighted by molar-refractivity contribution is -0.137. The summed E-state index contributed by atoms with van der Waals surface area (Å²) >= 11 is 0. The molecule has 0 heterocycles. The van der Waals surface area contributed by atoms with Gasteiger partial charge in [0.25, 0.3) is 0 Å². The maximum atomic E-state index is 12.1. The smallest absolute Gasteiger partial charge is 0.303 e. The van der Waals surface area contributed by atoms with Crippen molar-refractivity contribution in [3.63, 3.8) is 0 Å². The third-order valence-electron chi connectivity index (χ3n) is 3.52. The largest absolute Gasteiger partial charge is 0.481 e. The molecule has 2 atom stereocenters. The number of benzene rings is 1. The molecule has 118 valence electrons. The van der Waals surface area contributed by atoms with E-state index in [0.29, 0.717) is 5.92 Å². The molecule has 1 aromatic carbocycles. The van der Waals surface area contributed by atoms with Gasteiger partial charge in [-0.05, 0) is 36.0 Å². The van der Waals surface area contributed by atoms with Gasteiger partial charge in [0.15, 0.2) is 0 Å². The number of carboxylic acid groups (broad SMARTS) is 1. The van der Waals surface area contributed by atoms with Crippen molar-refractivity contribution in [2.75, 3.05) is 6.54 Å². The minimum Gasteiger partial charge on any atom is -0.481 e. The molecule has 1 rings (SSSR count). The van der Waals surface area contributed by atoms with Crippen molar-refractivity contribution >= 4 is 16.0 Å². The molecule has 0 fully saturated rings. The molecule has 0 aromatic heterocycles. The molecular formula is C15H23NO4S. The van der Waals surface area contributed by atoms with Crippen molar-refractivity contribution < 1.29 is 18.3 Å². The van der Waals surface area contributed by atoms with E-state index in [0.717, 1.165) is 12.0 Å². The molecule has 6 heteroatoms. The summed E-state index contributed by atoms with van der Waals surface area (Å²) < 4.78 is 26.7. The van der Waals surface area contributed by atoms with Crippen LogP contribution >= 0.6 is 0 Å². The zero-order valence-corrected chi connectivity index (χ0v) is 13.5. The average molecular weight is 313 g/mol. The van der Waals surface area contributed by atoms with Crippen LogP contribution < -0.4 is 4.72 Å². The SMILES string of the molecule is CCC(C)c1ccc(S(=O)(=O)NCC(C)CC(=O)O)cc1. The van der Waals surface area contributed by atoms with Gasteiger partial charge in [0.05, 0.1) is 4.90 Å². The van der Waals surface area contributed by atoms with Gasteiger partial charge in [-0.2, -0.15) is 0 Å². The Morgan fingerprint density at radius 3 is 2.29 bits per heavy atom. The highest BCUT2D eigenvalue weighted by Crippen LogP contribution is 2.20. The van der Waals surface area contributed by atoms with Gasteiger partial charge in [-0.15, -0.1) is 0 Å². The van der Waals surface area contributed by atoms with Crippen molar-refractivity contribution in [2.24, 2.45) is 5.92 Å². The summed E-state index contributed by atoms with van der Waals surface area (Å²) in [6, 6.07) is 6.82. The van der Waals surface area contributed by atoms with Crippen LogP contribution in [-0.4, -0.2) is 26.0 Å². The molecule has 0 saturated heterocycles. The van der Waals surface area contributed by atoms with Crippen molar-refractivity contribution in [3.05, 3.63) is 29.8 Å². The quantitative estimate of drug-likeness (QED) is 0.772. The lowest BCUT2D eigenvalue weighted by atomic mass is 9.99. The Balaban J connectivity index is 2.72. The third kappa shape index (κ3) is 5.47. The van der Waals surface area contributed by atoms with E-state index in [2.05, 4.69) is 18.6 Å². The third-order valence-corrected chi connectivity index (χ3v) is 4.96. The number of sulfonamides is 1. The van der Waals surface area contributed by atoms with Crippen LogP contribution in [0.15, 0.2) is 29.2 Å². The van der Waals surface area contributed by atoms with Gasteiger partial charge in [0, 0.05) is 13.0 Å². The zero-order valence-electron chi connectivity index (χ0n) is 12.7. The predicted octanol–water partition coefficient (Wildman–Crippen LogP) is 2.59. The van der Waals surface area contributed by atoms with Gasteiger partial charge in [-0.3, -0.25) is 4.79 Å². The van der Waals surface area contributed by atoms with Crippen LogP contribution in [0.2, 0.25) is 0 Å². The Morgan fingerprint density at radius 1 is 1.24 bits per heavy atom. The first-order chi connectivity index (χ1) is 9.76. The second kappa shape index (κ2) is 7.56. The van der Waals surface area contributed by atoms with Crippen LogP contribution in [0.3, 0.4) is 0 Å². The number of rotatable bonds is 8. The van der Waals surface area contributed by atoms with Crippen molar-refractivity contribution in [1.29, 1.82) is 0 Å². The Kier molecular flexibility index (Phi) is 6.36. The van der Waals surface area contributed by atoms with Gasteiger partial charge in [0.2, 0.25) is 10.0 Å². The van der Waals surface area contributed by atoms with E-state index < -0.39 is 16.0 Å². The summed E-state index contributed by atoms with van der Waals surface area (Å²) in [4.78, 5) is 10.8. The number of carbonyl (C=O) groups is 1. The maximum absolute atomic E-state index is 12.1. The van der Waals surface area contributed by atoms with Gasteiger partial charge in [-0.1, -0.05) is 32.9 Å². The number of nitrogens with one attached hydrogen (secondary N) is 1. The Morgan fingerprint density at radius 2 is 1.81 bits per heavy atom. The van der Waals surface area contributed by atoms with Gasteiger partial charge in [-0.25, -0.2) is 13.1 Å². The second-order valence-corrected chi connectivity index (χ2v) is 7.20. The molecule has 0 bridgehead atoms. The van der Waals surface area contributed by atoms with Crippen LogP contribution in [0.25, 0.3) is 0 Å². The number of hydrogen-bond donors (Lipinski definition) is 2. The van der Waals surface area contributed by atoms with E-state index in [9.17, 15) is 13.2 Å². The molecule has 2 N–H and O–H groups in total. The first-order valence-electron chi connectivity index (χ1n) is 7.07. The minimum absolute atomic E-state index is 0.0600. The van der Waals surface area contributed by atoms with Crippen LogP contribution in [-0.2, 0) is 14.8 Å². The lowest BCUT2D eigenvalue weighted by Gasteiger charge is -2.12. The van der Waals surface area contributed by atoms with E-state index in [1.165, 1.54) is 0 Å². The first-order valence-corrected chi connectivity index (χ1v) is 8.56. The van der Waals surface area contributed by atoms with E-state index in [1.54, 1.807) is 19.1 Å². The van der Waals surface area contributed by atoms with Crippen molar-refractivity contribution in [3.8, 4) is 0 Å². The monoisotopic (exact) mass is 313 g/mol. The fraction of sp³-hybridized carbons (Fsp3) is 0.533. The van der Waals surface area contributed by atoms with Crippen molar-refractivity contribution in [2.45, 2.75) is 44.4 Å². The van der Waals surface area contributed by atoms with E-state index in [4.69, 9.17) is 5.11 Å². The number of carboxylic acids is 1. The minimum atomic E-state index is -3.58. The Hall–Kier alpha value is -1.40. The molecule has 0 aliphatic carbocycles. The summed E-state index contributed by atoms with van der Waals surface area (Å²) in [6.45, 7) is 5.99. The molecule has 0 amide bonds. The molecule has 5 nitrogen and oxygen atoms in total. The summed E-state index contributed by atoms with van der Waals surface area (Å²) in [5, 5.41) is 8.66. The zero-order chi connectivity index (χ0) is 16.0. The fourth-order valence-corrected chi connectivity index (χ4v) is 3.08. The predicted molar refractivity (Wildman–Crippen MR) is 81.8 cm³/mol. The molecule has 0 aliphatic heterocycles. The molecule has 0 saturated carbocycles. The van der Waals surface area contributed by atoms with E-state index in [-0.39, 0.29) is 23.8 Å². The lowest BCUT2D eigenvalue weighted by Crippen LogP contribution is -2.29. The van der Waals surface area contributed by atoms with E-state index in [1.807, 2.05) is 12.1 Å². The van der Waals surface area contributed by atoms with E-state index >= 15 is 0 Å². The number of aliphatic carboxylic acids is 1. The van der Waals surface area contributed by atoms with Crippen LogP contribution in [0, 0.1) is 5.92 Å². The standard InChI is InChI=1S/C15H23NO4S/c1-4-12(3)13-5-7-14(8-6-13)21(19,20)16-10-11(2)9-15(17)18/h5-8,11-12,16H,4,9-10H2,1-3H3,(H,17,18). The average Bonchev–Trinajstić information content (AvgIpc) is 2.44. The molecule has 1 aromatic rings. The maximum Gasteiger partial charge on any atom is 0.303 e. The molecule has 0 radical (unpaired) electrons. The summed E-state index contributed by atoms with van der Waals surface area (Å²) in [5.74, 6) is -0.790. The molecular weight excluding hydrogens is 290 g/mol. The van der Waals surface area contributed by atoms with Crippen LogP contribution in [0.5, 0.6) is 0 Å². The first kappa shape index (κ1) is 17.7. The van der Waals surface area contributed by atoms with Crippen LogP contribution in [0.1, 0.15) is 45.1 Å². The highest BCUT2D eigenvalue weighted by Gasteiger charge is 2.16. The summed E-state index contributed by atoms with van der Waals surface area (Å²) in [6.07, 6.45) is 0.937. The Bertz CT molecular complexity index is 566. The Labute approximate surface area is 126 Å². The highest BCUT2D eigenvalue weighted by molar-refractivity contribution is 7.89. The van der Waals surface area contributed by atoms with Gasteiger partial charge >= 0.3 is 5.97 Å². The van der Waals surface area contributed by atoms with Crippen LogP contribution in [0.4, 0.5) is 0 Å². The topological polar surface area (TPSA) is 83.5 Å². The normalized spacial score (nSPS) is 14.6. The second-order valence-electron chi connectivity index (χ2n) is 5.43. The van der Waals surface area contributed by atoms with Gasteiger partial charge < -0.3 is 5.11 Å².